The molecule has 3 heterocycles. The van der Waals surface area contributed by atoms with Crippen molar-refractivity contribution in [1.29, 1.82) is 0 Å². The second kappa shape index (κ2) is 3.94. The molecule has 0 spiro atoms. The lowest BCUT2D eigenvalue weighted by Crippen LogP contribution is -2.06. The maximum atomic E-state index is 10.9. The summed E-state index contributed by atoms with van der Waals surface area (Å²) in [6.45, 7) is 0.499. The first-order valence-electron chi connectivity index (χ1n) is 4.77. The molecule has 0 fully saturated rings. The van der Waals surface area contributed by atoms with Crippen LogP contribution in [-0.2, 0) is 6.54 Å². The summed E-state index contributed by atoms with van der Waals surface area (Å²) in [7, 11) is 0. The molecular formula is C8H7N7OS. The molecule has 3 aromatic heterocycles. The van der Waals surface area contributed by atoms with E-state index in [1.807, 2.05) is 0 Å². The number of aromatic nitrogens is 6. The van der Waals surface area contributed by atoms with Gasteiger partial charge in [0.2, 0.25) is 0 Å². The van der Waals surface area contributed by atoms with E-state index < -0.39 is 0 Å². The molecule has 3 aromatic rings. The molecule has 0 unspecified atom stereocenters. The van der Waals surface area contributed by atoms with Gasteiger partial charge in [0, 0.05) is 11.1 Å². The Hall–Kier alpha value is -2.29. The lowest BCUT2D eigenvalue weighted by molar-refractivity contribution is 0.733. The first-order valence-corrected chi connectivity index (χ1v) is 5.65. The minimum absolute atomic E-state index is 0.0642. The standard InChI is InChI=1S/C8H7N7OS/c16-8-10-5(4-17-8)3-9-6-1-2-7-11-13-14-15(7)12-6/h1-2,4H,3H2,(H,9,12)(H,10,16). The maximum Gasteiger partial charge on any atom is 0.304 e. The van der Waals surface area contributed by atoms with Crippen LogP contribution in [0.25, 0.3) is 5.65 Å². The summed E-state index contributed by atoms with van der Waals surface area (Å²) < 4.78 is 1.33. The quantitative estimate of drug-likeness (QED) is 0.671. The monoisotopic (exact) mass is 249 g/mol. The smallest absolute Gasteiger partial charge is 0.304 e. The number of anilines is 1. The second-order valence-corrected chi connectivity index (χ2v) is 4.11. The third kappa shape index (κ3) is 1.99. The van der Waals surface area contributed by atoms with Crippen LogP contribution >= 0.6 is 11.3 Å². The molecule has 8 nitrogen and oxygen atoms in total. The molecule has 17 heavy (non-hydrogen) atoms. The molecule has 9 heteroatoms. The number of nitrogens with zero attached hydrogens (tertiary/aromatic N) is 5. The van der Waals surface area contributed by atoms with E-state index in [9.17, 15) is 4.79 Å². The van der Waals surface area contributed by atoms with Gasteiger partial charge in [0.15, 0.2) is 5.65 Å². The van der Waals surface area contributed by atoms with Crippen molar-refractivity contribution in [3.05, 3.63) is 32.9 Å². The Bertz CT molecular complexity index is 699. The number of thiazole rings is 1. The van der Waals surface area contributed by atoms with Gasteiger partial charge in [0.25, 0.3) is 0 Å². The van der Waals surface area contributed by atoms with Crippen molar-refractivity contribution >= 4 is 22.8 Å². The summed E-state index contributed by atoms with van der Waals surface area (Å²) in [5.41, 5.74) is 1.40. The number of nitrogens with one attached hydrogen (secondary N) is 2. The number of hydrogen-bond acceptors (Lipinski definition) is 7. The molecule has 0 saturated carbocycles. The van der Waals surface area contributed by atoms with Gasteiger partial charge in [-0.1, -0.05) is 11.3 Å². The Balaban J connectivity index is 1.78. The van der Waals surface area contributed by atoms with Crippen molar-refractivity contribution < 1.29 is 0 Å². The van der Waals surface area contributed by atoms with Crippen LogP contribution in [0, 0.1) is 0 Å². The zero-order valence-corrected chi connectivity index (χ0v) is 9.31. The van der Waals surface area contributed by atoms with Crippen molar-refractivity contribution in [1.82, 2.24) is 30.2 Å². The molecular weight excluding hydrogens is 242 g/mol. The molecule has 2 N–H and O–H groups in total. The molecule has 0 aliphatic rings. The van der Waals surface area contributed by atoms with Gasteiger partial charge in [0.05, 0.1) is 6.54 Å². The third-order valence-electron chi connectivity index (χ3n) is 2.10. The fraction of sp³-hybridized carbons (Fsp3) is 0.125. The first kappa shape index (κ1) is 9.90. The van der Waals surface area contributed by atoms with Gasteiger partial charge in [-0.3, -0.25) is 4.79 Å². The molecule has 0 aliphatic carbocycles. The highest BCUT2D eigenvalue weighted by Gasteiger charge is 2.01. The van der Waals surface area contributed by atoms with Crippen LogP contribution in [0.1, 0.15) is 5.69 Å². The van der Waals surface area contributed by atoms with Crippen molar-refractivity contribution in [2.24, 2.45) is 0 Å². The lowest BCUT2D eigenvalue weighted by Gasteiger charge is -2.02. The Morgan fingerprint density at radius 2 is 2.41 bits per heavy atom. The molecule has 0 amide bonds. The molecule has 0 atom stereocenters. The molecule has 0 aliphatic heterocycles. The van der Waals surface area contributed by atoms with Gasteiger partial charge in [0.1, 0.15) is 5.82 Å². The highest BCUT2D eigenvalue weighted by Crippen LogP contribution is 2.05. The second-order valence-electron chi connectivity index (χ2n) is 3.27. The summed E-state index contributed by atoms with van der Waals surface area (Å²) in [6.07, 6.45) is 0. The van der Waals surface area contributed by atoms with E-state index >= 15 is 0 Å². The van der Waals surface area contributed by atoms with Crippen LogP contribution in [0.15, 0.2) is 22.3 Å². The summed E-state index contributed by atoms with van der Waals surface area (Å²) in [5.74, 6) is 0.636. The average Bonchev–Trinajstić information content (AvgIpc) is 2.94. The highest BCUT2D eigenvalue weighted by molar-refractivity contribution is 7.07. The Kier molecular flexibility index (Phi) is 2.29. The minimum Gasteiger partial charge on any atom is -0.363 e. The first-order chi connectivity index (χ1) is 8.31. The van der Waals surface area contributed by atoms with E-state index in [0.717, 1.165) is 17.0 Å². The molecule has 3 rings (SSSR count). The predicted molar refractivity (Wildman–Crippen MR) is 60.8 cm³/mol. The summed E-state index contributed by atoms with van der Waals surface area (Å²) in [5, 5.41) is 19.9. The van der Waals surface area contributed by atoms with Gasteiger partial charge in [-0.15, -0.1) is 14.8 Å². The number of hydrogen-bond donors (Lipinski definition) is 2. The molecule has 0 saturated heterocycles. The molecule has 0 aromatic carbocycles. The maximum absolute atomic E-state index is 10.9. The molecule has 0 bridgehead atoms. The van der Waals surface area contributed by atoms with E-state index in [1.165, 1.54) is 4.63 Å². The number of H-pyrrole nitrogens is 1. The van der Waals surface area contributed by atoms with Crippen LogP contribution < -0.4 is 10.2 Å². The zero-order valence-electron chi connectivity index (χ0n) is 8.49. The summed E-state index contributed by atoms with van der Waals surface area (Å²) >= 11 is 1.13. The van der Waals surface area contributed by atoms with Crippen molar-refractivity contribution in [2.75, 3.05) is 5.32 Å². The van der Waals surface area contributed by atoms with Crippen molar-refractivity contribution in [2.45, 2.75) is 6.54 Å². The van der Waals surface area contributed by atoms with Gasteiger partial charge in [-0.2, -0.15) is 0 Å². The minimum atomic E-state index is -0.0642. The van der Waals surface area contributed by atoms with E-state index in [4.69, 9.17) is 0 Å². The number of aromatic amines is 1. The van der Waals surface area contributed by atoms with Crippen LogP contribution in [0.3, 0.4) is 0 Å². The Morgan fingerprint density at radius 1 is 1.47 bits per heavy atom. The SMILES string of the molecule is O=c1[nH]c(CNc2ccc3nnnn3n2)cs1. The normalized spacial score (nSPS) is 10.8. The number of fused-ring (bicyclic) bond motifs is 1. The topological polar surface area (TPSA) is 101 Å². The Labute approximate surface area is 98.3 Å². The largest absolute Gasteiger partial charge is 0.363 e. The van der Waals surface area contributed by atoms with E-state index in [-0.39, 0.29) is 4.87 Å². The summed E-state index contributed by atoms with van der Waals surface area (Å²) in [4.78, 5) is 13.6. The van der Waals surface area contributed by atoms with Crippen LogP contribution in [-0.4, -0.2) is 30.2 Å². The van der Waals surface area contributed by atoms with Gasteiger partial charge >= 0.3 is 4.87 Å². The third-order valence-corrected chi connectivity index (χ3v) is 2.82. The average molecular weight is 249 g/mol. The fourth-order valence-electron chi connectivity index (χ4n) is 1.33. The summed E-state index contributed by atoms with van der Waals surface area (Å²) in [6, 6.07) is 3.53. The van der Waals surface area contributed by atoms with Gasteiger partial charge in [-0.25, -0.2) is 0 Å². The predicted octanol–water partition coefficient (Wildman–Crippen LogP) is -0.119. The zero-order chi connectivity index (χ0) is 11.7. The van der Waals surface area contributed by atoms with E-state index in [2.05, 4.69) is 30.9 Å². The van der Waals surface area contributed by atoms with Crippen LogP contribution in [0.4, 0.5) is 5.82 Å². The highest BCUT2D eigenvalue weighted by atomic mass is 32.1. The number of tetrazole rings is 1. The number of rotatable bonds is 3. The van der Waals surface area contributed by atoms with Gasteiger partial charge in [-0.05, 0) is 22.6 Å². The van der Waals surface area contributed by atoms with Crippen molar-refractivity contribution in [3.63, 3.8) is 0 Å². The van der Waals surface area contributed by atoms with E-state index in [1.54, 1.807) is 17.5 Å². The molecule has 86 valence electrons. The van der Waals surface area contributed by atoms with E-state index in [0.29, 0.717) is 18.0 Å². The molecule has 0 radical (unpaired) electrons. The van der Waals surface area contributed by atoms with Crippen LogP contribution in [0.5, 0.6) is 0 Å². The van der Waals surface area contributed by atoms with Crippen molar-refractivity contribution in [3.8, 4) is 0 Å². The Morgan fingerprint density at radius 3 is 3.24 bits per heavy atom. The fourth-order valence-corrected chi connectivity index (χ4v) is 1.91. The lowest BCUT2D eigenvalue weighted by atomic mass is 10.4. The van der Waals surface area contributed by atoms with Gasteiger partial charge < -0.3 is 10.3 Å². The van der Waals surface area contributed by atoms with Crippen LogP contribution in [0.2, 0.25) is 0 Å².